The summed E-state index contributed by atoms with van der Waals surface area (Å²) in [6, 6.07) is 0. The van der Waals surface area contributed by atoms with Crippen LogP contribution in [0.15, 0.2) is 0 Å². The number of aliphatic hydroxyl groups is 1. The number of hydrogen-bond acceptors (Lipinski definition) is 4. The van der Waals surface area contributed by atoms with Gasteiger partial charge in [-0.1, -0.05) is 0 Å². The Bertz CT molecular complexity index is 115. The van der Waals surface area contributed by atoms with Gasteiger partial charge in [0, 0.05) is 39.3 Å². The molecule has 1 fully saturated rings. The summed E-state index contributed by atoms with van der Waals surface area (Å²) in [5, 5.41) is 12.5. The summed E-state index contributed by atoms with van der Waals surface area (Å²) >= 11 is 0. The fourth-order valence-electron chi connectivity index (χ4n) is 1.38. The van der Waals surface area contributed by atoms with Crippen LogP contribution in [-0.2, 0) is 0 Å². The van der Waals surface area contributed by atoms with Gasteiger partial charge < -0.3 is 21.1 Å². The molecule has 72 valence electrons. The largest absolute Gasteiger partial charge is 0.392 e. The monoisotopic (exact) mass is 173 g/mol. The standard InChI is InChI=1S/C8H19N3O/c9-7-8(12)1-4-11-5-2-10-3-6-11/h8,10,12H,1-7,9H2. The van der Waals surface area contributed by atoms with Crippen LogP contribution in [0.5, 0.6) is 0 Å². The van der Waals surface area contributed by atoms with Crippen molar-refractivity contribution in [2.45, 2.75) is 12.5 Å². The highest BCUT2D eigenvalue weighted by Gasteiger charge is 2.10. The van der Waals surface area contributed by atoms with Crippen LogP contribution in [0.3, 0.4) is 0 Å². The zero-order valence-corrected chi connectivity index (χ0v) is 7.50. The number of aliphatic hydroxyl groups excluding tert-OH is 1. The Labute approximate surface area is 73.7 Å². The summed E-state index contributed by atoms with van der Waals surface area (Å²) < 4.78 is 0. The van der Waals surface area contributed by atoms with E-state index in [0.29, 0.717) is 6.54 Å². The molecule has 0 radical (unpaired) electrons. The SMILES string of the molecule is NCC(O)CCN1CCNCC1. The first-order valence-corrected chi connectivity index (χ1v) is 4.64. The van der Waals surface area contributed by atoms with Crippen LogP contribution in [0.2, 0.25) is 0 Å². The summed E-state index contributed by atoms with van der Waals surface area (Å²) in [6.07, 6.45) is 0.483. The summed E-state index contributed by atoms with van der Waals surface area (Å²) in [4.78, 5) is 2.36. The van der Waals surface area contributed by atoms with Gasteiger partial charge in [-0.3, -0.25) is 0 Å². The Morgan fingerprint density at radius 3 is 2.67 bits per heavy atom. The fourth-order valence-corrected chi connectivity index (χ4v) is 1.38. The highest BCUT2D eigenvalue weighted by Crippen LogP contribution is 1.96. The predicted octanol–water partition coefficient (Wildman–Crippen LogP) is -1.40. The maximum Gasteiger partial charge on any atom is 0.0674 e. The van der Waals surface area contributed by atoms with Gasteiger partial charge in [0.15, 0.2) is 0 Å². The smallest absolute Gasteiger partial charge is 0.0674 e. The lowest BCUT2D eigenvalue weighted by Gasteiger charge is -2.27. The van der Waals surface area contributed by atoms with Crippen LogP contribution in [0, 0.1) is 0 Å². The minimum Gasteiger partial charge on any atom is -0.392 e. The van der Waals surface area contributed by atoms with Crippen LogP contribution in [-0.4, -0.2) is 55.4 Å². The molecule has 12 heavy (non-hydrogen) atoms. The number of nitrogens with two attached hydrogens (primary N) is 1. The number of piperazine rings is 1. The van der Waals surface area contributed by atoms with E-state index in [1.54, 1.807) is 0 Å². The van der Waals surface area contributed by atoms with Crippen molar-refractivity contribution in [1.29, 1.82) is 0 Å². The summed E-state index contributed by atoms with van der Waals surface area (Å²) in [5.74, 6) is 0. The van der Waals surface area contributed by atoms with E-state index in [4.69, 9.17) is 5.73 Å². The molecule has 0 aromatic heterocycles. The van der Waals surface area contributed by atoms with Crippen LogP contribution in [0.1, 0.15) is 6.42 Å². The van der Waals surface area contributed by atoms with Crippen molar-refractivity contribution in [3.8, 4) is 0 Å². The number of hydrogen-bond donors (Lipinski definition) is 3. The molecule has 0 bridgehead atoms. The van der Waals surface area contributed by atoms with Crippen molar-refractivity contribution < 1.29 is 5.11 Å². The van der Waals surface area contributed by atoms with Gasteiger partial charge in [-0.15, -0.1) is 0 Å². The summed E-state index contributed by atoms with van der Waals surface area (Å²) in [7, 11) is 0. The van der Waals surface area contributed by atoms with Crippen LogP contribution in [0.25, 0.3) is 0 Å². The molecule has 4 nitrogen and oxygen atoms in total. The third-order valence-electron chi connectivity index (χ3n) is 2.26. The van der Waals surface area contributed by atoms with Crippen LogP contribution in [0.4, 0.5) is 0 Å². The average molecular weight is 173 g/mol. The molecular weight excluding hydrogens is 154 g/mol. The lowest BCUT2D eigenvalue weighted by atomic mass is 10.2. The molecule has 0 aromatic rings. The first-order valence-electron chi connectivity index (χ1n) is 4.64. The van der Waals surface area contributed by atoms with Gasteiger partial charge in [0.25, 0.3) is 0 Å². The maximum atomic E-state index is 9.22. The topological polar surface area (TPSA) is 61.5 Å². The maximum absolute atomic E-state index is 9.22. The molecule has 0 saturated carbocycles. The second-order valence-electron chi connectivity index (χ2n) is 3.27. The van der Waals surface area contributed by atoms with Gasteiger partial charge in [-0.25, -0.2) is 0 Å². The first kappa shape index (κ1) is 9.92. The van der Waals surface area contributed by atoms with Gasteiger partial charge >= 0.3 is 0 Å². The predicted molar refractivity (Wildman–Crippen MR) is 49.0 cm³/mol. The molecular formula is C8H19N3O. The van der Waals surface area contributed by atoms with E-state index in [-0.39, 0.29) is 6.10 Å². The Morgan fingerprint density at radius 1 is 1.42 bits per heavy atom. The van der Waals surface area contributed by atoms with Gasteiger partial charge in [-0.05, 0) is 6.42 Å². The van der Waals surface area contributed by atoms with Gasteiger partial charge in [0.1, 0.15) is 0 Å². The summed E-state index contributed by atoms with van der Waals surface area (Å²) in [6.45, 7) is 5.68. The second-order valence-corrected chi connectivity index (χ2v) is 3.27. The molecule has 1 aliphatic heterocycles. The molecule has 4 heteroatoms. The zero-order valence-electron chi connectivity index (χ0n) is 7.50. The van der Waals surface area contributed by atoms with Crippen LogP contribution >= 0.6 is 0 Å². The minimum atomic E-state index is -0.320. The molecule has 1 saturated heterocycles. The molecule has 4 N–H and O–H groups in total. The molecule has 1 aliphatic rings. The quantitative estimate of drug-likeness (QED) is 0.489. The minimum absolute atomic E-state index is 0.320. The van der Waals surface area contributed by atoms with E-state index in [1.807, 2.05) is 0 Å². The van der Waals surface area contributed by atoms with Gasteiger partial charge in [0.2, 0.25) is 0 Å². The lowest BCUT2D eigenvalue weighted by Crippen LogP contribution is -2.44. The molecule has 0 aromatic carbocycles. The van der Waals surface area contributed by atoms with Crippen molar-refractivity contribution in [1.82, 2.24) is 10.2 Å². The Morgan fingerprint density at radius 2 is 2.08 bits per heavy atom. The van der Waals surface area contributed by atoms with Gasteiger partial charge in [0.05, 0.1) is 6.10 Å². The molecule has 1 unspecified atom stereocenters. The Hall–Kier alpha value is -0.160. The van der Waals surface area contributed by atoms with Crippen LogP contribution < -0.4 is 11.1 Å². The van der Waals surface area contributed by atoms with E-state index in [0.717, 1.165) is 39.1 Å². The van der Waals surface area contributed by atoms with E-state index < -0.39 is 0 Å². The van der Waals surface area contributed by atoms with Crippen molar-refractivity contribution in [2.75, 3.05) is 39.3 Å². The Balaban J connectivity index is 2.05. The summed E-state index contributed by atoms with van der Waals surface area (Å²) in [5.41, 5.74) is 5.31. The van der Waals surface area contributed by atoms with E-state index in [1.165, 1.54) is 0 Å². The lowest BCUT2D eigenvalue weighted by molar-refractivity contribution is 0.141. The number of nitrogens with one attached hydrogen (secondary N) is 1. The number of rotatable bonds is 4. The highest BCUT2D eigenvalue weighted by molar-refractivity contribution is 4.69. The van der Waals surface area contributed by atoms with E-state index in [9.17, 15) is 5.11 Å². The average Bonchev–Trinajstić information content (AvgIpc) is 2.16. The zero-order chi connectivity index (χ0) is 8.81. The molecule has 0 aliphatic carbocycles. The molecule has 1 heterocycles. The molecule has 1 atom stereocenters. The van der Waals surface area contributed by atoms with Gasteiger partial charge in [-0.2, -0.15) is 0 Å². The van der Waals surface area contributed by atoms with E-state index in [2.05, 4.69) is 10.2 Å². The third-order valence-corrected chi connectivity index (χ3v) is 2.26. The molecule has 0 spiro atoms. The van der Waals surface area contributed by atoms with Crippen molar-refractivity contribution in [3.05, 3.63) is 0 Å². The van der Waals surface area contributed by atoms with Crippen molar-refractivity contribution >= 4 is 0 Å². The second kappa shape index (κ2) is 5.48. The molecule has 1 rings (SSSR count). The third kappa shape index (κ3) is 3.49. The highest BCUT2D eigenvalue weighted by atomic mass is 16.3. The van der Waals surface area contributed by atoms with E-state index >= 15 is 0 Å². The van der Waals surface area contributed by atoms with Crippen molar-refractivity contribution in [3.63, 3.8) is 0 Å². The Kier molecular flexibility index (Phi) is 4.53. The fraction of sp³-hybridized carbons (Fsp3) is 1.00. The van der Waals surface area contributed by atoms with Crippen molar-refractivity contribution in [2.24, 2.45) is 5.73 Å². The first-order chi connectivity index (χ1) is 5.83. The normalized spacial score (nSPS) is 22.5. The molecule has 0 amide bonds. The number of nitrogens with zero attached hydrogens (tertiary/aromatic N) is 1.